The Morgan fingerprint density at radius 2 is 2.00 bits per heavy atom. The fourth-order valence-corrected chi connectivity index (χ4v) is 3.55. The van der Waals surface area contributed by atoms with Gasteiger partial charge in [-0.2, -0.15) is 0 Å². The van der Waals surface area contributed by atoms with E-state index in [4.69, 9.17) is 9.47 Å². The summed E-state index contributed by atoms with van der Waals surface area (Å²) in [7, 11) is 0. The molecule has 1 N–H and O–H groups in total. The Balaban J connectivity index is 1.81. The van der Waals surface area contributed by atoms with E-state index < -0.39 is 0 Å². The van der Waals surface area contributed by atoms with E-state index in [1.807, 2.05) is 31.5 Å². The van der Waals surface area contributed by atoms with Crippen LogP contribution in [-0.2, 0) is 0 Å². The number of hydrogen-bond acceptors (Lipinski definition) is 4. The van der Waals surface area contributed by atoms with E-state index in [1.165, 1.54) is 0 Å². The first-order valence-corrected chi connectivity index (χ1v) is 9.32. The normalized spacial score (nSPS) is 15.1. The molecule has 4 heteroatoms. The molecule has 0 bridgehead atoms. The first kappa shape index (κ1) is 16.9. The van der Waals surface area contributed by atoms with E-state index in [9.17, 15) is 0 Å². The summed E-state index contributed by atoms with van der Waals surface area (Å²) in [6.07, 6.45) is 6.07. The highest BCUT2D eigenvalue weighted by molar-refractivity contribution is 5.99. The van der Waals surface area contributed by atoms with E-state index in [2.05, 4.69) is 40.6 Å². The van der Waals surface area contributed by atoms with Crippen LogP contribution in [0.15, 0.2) is 54.9 Å². The number of fused-ring (bicyclic) bond motifs is 1. The van der Waals surface area contributed by atoms with Gasteiger partial charge in [0.05, 0.1) is 6.61 Å². The van der Waals surface area contributed by atoms with Crippen molar-refractivity contribution in [3.05, 3.63) is 54.9 Å². The summed E-state index contributed by atoms with van der Waals surface area (Å²) in [4.78, 5) is 4.27. The van der Waals surface area contributed by atoms with Crippen molar-refractivity contribution < 1.29 is 9.47 Å². The molecule has 3 aromatic rings. The third-order valence-corrected chi connectivity index (χ3v) is 4.80. The van der Waals surface area contributed by atoms with Crippen molar-refractivity contribution in [3.63, 3.8) is 0 Å². The third-order valence-electron chi connectivity index (χ3n) is 4.80. The predicted molar refractivity (Wildman–Crippen MR) is 105 cm³/mol. The van der Waals surface area contributed by atoms with Crippen molar-refractivity contribution in [2.24, 2.45) is 0 Å². The minimum Gasteiger partial charge on any atom is -0.494 e. The molecule has 0 amide bonds. The van der Waals surface area contributed by atoms with Crippen molar-refractivity contribution in [3.8, 4) is 22.6 Å². The lowest BCUT2D eigenvalue weighted by Crippen LogP contribution is -2.34. The average Bonchev–Trinajstić information content (AvgIpc) is 2.69. The highest BCUT2D eigenvalue weighted by atomic mass is 16.5. The Hall–Kier alpha value is -2.59. The SMILES string of the molecule is CCOc1cccc(-c2c(OC3CCNCC3)ccc3cnccc23)c1. The van der Waals surface area contributed by atoms with Gasteiger partial charge in [-0.25, -0.2) is 0 Å². The van der Waals surface area contributed by atoms with Crippen molar-refractivity contribution in [1.29, 1.82) is 0 Å². The second-order valence-corrected chi connectivity index (χ2v) is 6.56. The minimum atomic E-state index is 0.254. The smallest absolute Gasteiger partial charge is 0.128 e. The van der Waals surface area contributed by atoms with Gasteiger partial charge in [0.1, 0.15) is 17.6 Å². The predicted octanol–water partition coefficient (Wildman–Crippen LogP) is 4.43. The van der Waals surface area contributed by atoms with E-state index in [-0.39, 0.29) is 6.10 Å². The lowest BCUT2D eigenvalue weighted by Gasteiger charge is -2.25. The number of nitrogens with one attached hydrogen (secondary N) is 1. The quantitative estimate of drug-likeness (QED) is 0.741. The zero-order chi connectivity index (χ0) is 17.8. The number of nitrogens with zero attached hydrogens (tertiary/aromatic N) is 1. The Morgan fingerprint density at radius 1 is 1.12 bits per heavy atom. The summed E-state index contributed by atoms with van der Waals surface area (Å²) in [5.74, 6) is 1.81. The minimum absolute atomic E-state index is 0.254. The van der Waals surface area contributed by atoms with E-state index in [0.717, 1.165) is 59.3 Å². The molecule has 2 heterocycles. The van der Waals surface area contributed by atoms with Crippen LogP contribution in [0.25, 0.3) is 21.9 Å². The van der Waals surface area contributed by atoms with Gasteiger partial charge >= 0.3 is 0 Å². The van der Waals surface area contributed by atoms with Crippen LogP contribution in [0.2, 0.25) is 0 Å². The Kier molecular flexibility index (Phi) is 5.02. The van der Waals surface area contributed by atoms with Crippen LogP contribution in [0, 0.1) is 0 Å². The van der Waals surface area contributed by atoms with E-state index >= 15 is 0 Å². The summed E-state index contributed by atoms with van der Waals surface area (Å²) in [6, 6.07) is 14.5. The number of rotatable bonds is 5. The van der Waals surface area contributed by atoms with Gasteiger partial charge in [-0.1, -0.05) is 12.1 Å². The number of pyridine rings is 1. The lowest BCUT2D eigenvalue weighted by atomic mass is 9.97. The molecule has 1 aliphatic heterocycles. The maximum Gasteiger partial charge on any atom is 0.128 e. The van der Waals surface area contributed by atoms with Crippen molar-refractivity contribution in [2.45, 2.75) is 25.9 Å². The molecule has 2 aromatic carbocycles. The van der Waals surface area contributed by atoms with Crippen LogP contribution >= 0.6 is 0 Å². The van der Waals surface area contributed by atoms with Gasteiger partial charge in [0, 0.05) is 23.3 Å². The number of hydrogen-bond donors (Lipinski definition) is 1. The molecule has 4 nitrogen and oxygen atoms in total. The van der Waals surface area contributed by atoms with Crippen LogP contribution in [0.3, 0.4) is 0 Å². The molecule has 0 saturated carbocycles. The van der Waals surface area contributed by atoms with Gasteiger partial charge in [-0.15, -0.1) is 0 Å². The highest BCUT2D eigenvalue weighted by Crippen LogP contribution is 2.39. The molecule has 0 spiro atoms. The monoisotopic (exact) mass is 348 g/mol. The fraction of sp³-hybridized carbons (Fsp3) is 0.318. The third kappa shape index (κ3) is 3.51. The Bertz CT molecular complexity index is 888. The lowest BCUT2D eigenvalue weighted by molar-refractivity contribution is 0.163. The standard InChI is InChI=1S/C22H24N2O2/c1-2-25-19-5-3-4-16(14-19)22-20-10-13-24-15-17(20)6-7-21(22)26-18-8-11-23-12-9-18/h3-7,10,13-15,18,23H,2,8-9,11-12H2,1H3. The van der Waals surface area contributed by atoms with Gasteiger partial charge in [0.15, 0.2) is 0 Å². The van der Waals surface area contributed by atoms with Crippen LogP contribution < -0.4 is 14.8 Å². The number of piperidine rings is 1. The maximum atomic E-state index is 6.45. The molecule has 134 valence electrons. The Morgan fingerprint density at radius 3 is 2.85 bits per heavy atom. The largest absolute Gasteiger partial charge is 0.494 e. The van der Waals surface area contributed by atoms with Gasteiger partial charge in [-0.3, -0.25) is 4.98 Å². The zero-order valence-electron chi connectivity index (χ0n) is 15.1. The van der Waals surface area contributed by atoms with Crippen molar-refractivity contribution >= 4 is 10.8 Å². The number of ether oxygens (including phenoxy) is 2. The summed E-state index contributed by atoms with van der Waals surface area (Å²) >= 11 is 0. The molecule has 1 aliphatic rings. The van der Waals surface area contributed by atoms with Crippen LogP contribution in [0.5, 0.6) is 11.5 Å². The second kappa shape index (κ2) is 7.75. The summed E-state index contributed by atoms with van der Waals surface area (Å²) in [6.45, 7) is 4.68. The number of benzene rings is 2. The first-order chi connectivity index (χ1) is 12.8. The van der Waals surface area contributed by atoms with Gasteiger partial charge in [-0.05, 0) is 74.1 Å². The van der Waals surface area contributed by atoms with Crippen LogP contribution in [-0.4, -0.2) is 30.8 Å². The maximum absolute atomic E-state index is 6.45. The average molecular weight is 348 g/mol. The Labute approximate surface area is 154 Å². The molecule has 0 radical (unpaired) electrons. The van der Waals surface area contributed by atoms with Gasteiger partial charge < -0.3 is 14.8 Å². The van der Waals surface area contributed by atoms with Gasteiger partial charge in [0.2, 0.25) is 0 Å². The molecular weight excluding hydrogens is 324 g/mol. The molecule has 4 rings (SSSR count). The molecule has 1 fully saturated rings. The fourth-order valence-electron chi connectivity index (χ4n) is 3.55. The van der Waals surface area contributed by atoms with Crippen LogP contribution in [0.1, 0.15) is 19.8 Å². The van der Waals surface area contributed by atoms with Crippen molar-refractivity contribution in [1.82, 2.24) is 10.3 Å². The molecule has 0 atom stereocenters. The summed E-state index contributed by atoms with van der Waals surface area (Å²) in [5, 5.41) is 5.66. The molecular formula is C22H24N2O2. The zero-order valence-corrected chi connectivity index (χ0v) is 15.1. The van der Waals surface area contributed by atoms with Gasteiger partial charge in [0.25, 0.3) is 0 Å². The second-order valence-electron chi connectivity index (χ2n) is 6.56. The molecule has 26 heavy (non-hydrogen) atoms. The molecule has 0 aliphatic carbocycles. The molecule has 0 unspecified atom stereocenters. The van der Waals surface area contributed by atoms with E-state index in [0.29, 0.717) is 6.61 Å². The highest BCUT2D eigenvalue weighted by Gasteiger charge is 2.18. The summed E-state index contributed by atoms with van der Waals surface area (Å²) < 4.78 is 12.2. The molecule has 1 saturated heterocycles. The number of aromatic nitrogens is 1. The van der Waals surface area contributed by atoms with E-state index in [1.54, 1.807) is 0 Å². The first-order valence-electron chi connectivity index (χ1n) is 9.32. The topological polar surface area (TPSA) is 43.4 Å². The summed E-state index contributed by atoms with van der Waals surface area (Å²) in [5.41, 5.74) is 2.22. The van der Waals surface area contributed by atoms with Crippen LogP contribution in [0.4, 0.5) is 0 Å². The van der Waals surface area contributed by atoms with Crippen molar-refractivity contribution in [2.75, 3.05) is 19.7 Å². The molecule has 1 aromatic heterocycles.